The maximum absolute atomic E-state index is 9.98. The van der Waals surface area contributed by atoms with E-state index in [1.807, 2.05) is 6.26 Å². The van der Waals surface area contributed by atoms with Crippen LogP contribution in [0, 0.1) is 18.3 Å². The molecule has 2 nitrogen and oxygen atoms in total. The van der Waals surface area contributed by atoms with Gasteiger partial charge in [-0.25, -0.2) is 0 Å². The fraction of sp³-hybridized carbons (Fsp3) is 0.600. The van der Waals surface area contributed by atoms with Gasteiger partial charge in [0.1, 0.15) is 5.76 Å². The number of hydrogen-bond donors (Lipinski definition) is 1. The van der Waals surface area contributed by atoms with Gasteiger partial charge in [-0.1, -0.05) is 13.5 Å². The van der Waals surface area contributed by atoms with E-state index in [4.69, 9.17) is 4.42 Å². The van der Waals surface area contributed by atoms with E-state index in [1.54, 1.807) is 0 Å². The highest BCUT2D eigenvalue weighted by molar-refractivity contribution is 5.35. The first-order chi connectivity index (χ1) is 8.01. The van der Waals surface area contributed by atoms with E-state index in [9.17, 15) is 5.11 Å². The summed E-state index contributed by atoms with van der Waals surface area (Å²) in [6.07, 6.45) is 5.46. The quantitative estimate of drug-likeness (QED) is 0.697. The minimum Gasteiger partial charge on any atom is -0.469 e. The molecule has 1 N–H and O–H groups in total. The van der Waals surface area contributed by atoms with Crippen molar-refractivity contribution in [3.8, 4) is 0 Å². The van der Waals surface area contributed by atoms with Gasteiger partial charge in [0.25, 0.3) is 0 Å². The number of aliphatic hydroxyl groups excluding tert-OH is 1. The van der Waals surface area contributed by atoms with Crippen molar-refractivity contribution in [3.05, 3.63) is 35.3 Å². The molecule has 2 heteroatoms. The van der Waals surface area contributed by atoms with Gasteiger partial charge in [-0.05, 0) is 54.2 Å². The fourth-order valence-electron chi connectivity index (χ4n) is 3.61. The summed E-state index contributed by atoms with van der Waals surface area (Å²) in [6, 6.07) is 0. The highest BCUT2D eigenvalue weighted by Gasteiger charge is 2.46. The van der Waals surface area contributed by atoms with Gasteiger partial charge in [0.15, 0.2) is 0 Å². The predicted octanol–water partition coefficient (Wildman–Crippen LogP) is 3.02. The van der Waals surface area contributed by atoms with Gasteiger partial charge < -0.3 is 9.52 Å². The van der Waals surface area contributed by atoms with Gasteiger partial charge >= 0.3 is 0 Å². The van der Waals surface area contributed by atoms with Crippen LogP contribution in [0.4, 0.5) is 0 Å². The lowest BCUT2D eigenvalue weighted by Crippen LogP contribution is -2.43. The topological polar surface area (TPSA) is 33.4 Å². The van der Waals surface area contributed by atoms with E-state index in [-0.39, 0.29) is 11.5 Å². The molecule has 2 aliphatic rings. The number of aliphatic hydroxyl groups is 1. The van der Waals surface area contributed by atoms with Crippen molar-refractivity contribution in [2.24, 2.45) is 11.3 Å². The van der Waals surface area contributed by atoms with E-state index in [0.29, 0.717) is 5.92 Å². The zero-order valence-electron chi connectivity index (χ0n) is 10.6. The Balaban J connectivity index is 2.02. The number of rotatable bonds is 0. The average molecular weight is 232 g/mol. The molecule has 0 radical (unpaired) electrons. The second kappa shape index (κ2) is 3.49. The van der Waals surface area contributed by atoms with Crippen LogP contribution in [0.15, 0.2) is 22.8 Å². The monoisotopic (exact) mass is 232 g/mol. The summed E-state index contributed by atoms with van der Waals surface area (Å²) in [5.74, 6) is 1.57. The second-order valence-corrected chi connectivity index (χ2v) is 6.04. The van der Waals surface area contributed by atoms with Crippen molar-refractivity contribution in [1.82, 2.24) is 0 Å². The largest absolute Gasteiger partial charge is 0.469 e. The summed E-state index contributed by atoms with van der Waals surface area (Å²) in [7, 11) is 0. The van der Waals surface area contributed by atoms with Gasteiger partial charge in [-0.2, -0.15) is 0 Å². The van der Waals surface area contributed by atoms with E-state index in [1.165, 1.54) is 11.1 Å². The summed E-state index contributed by atoms with van der Waals surface area (Å²) < 4.78 is 5.67. The molecule has 3 rings (SSSR count). The number of aryl methyl sites for hydroxylation is 1. The molecule has 2 aliphatic carbocycles. The highest BCUT2D eigenvalue weighted by Crippen LogP contribution is 2.51. The fourth-order valence-corrected chi connectivity index (χ4v) is 3.61. The molecule has 0 saturated heterocycles. The normalized spacial score (nSPS) is 36.5. The van der Waals surface area contributed by atoms with Gasteiger partial charge in [0, 0.05) is 6.42 Å². The SMILES string of the molecule is C=C1C(O)CC[C@]2(C)Cc3occ(C)c3CC12. The molecule has 0 amide bonds. The Morgan fingerprint density at radius 3 is 3.06 bits per heavy atom. The minimum absolute atomic E-state index is 0.230. The minimum atomic E-state index is -0.304. The zero-order valence-corrected chi connectivity index (χ0v) is 10.6. The van der Waals surface area contributed by atoms with Crippen LogP contribution >= 0.6 is 0 Å². The maximum Gasteiger partial charge on any atom is 0.107 e. The summed E-state index contributed by atoms with van der Waals surface area (Å²) in [5.41, 5.74) is 3.86. The number of fused-ring (bicyclic) bond motifs is 2. The van der Waals surface area contributed by atoms with E-state index < -0.39 is 0 Å². The molecule has 1 fully saturated rings. The molecular formula is C15H20O2. The third kappa shape index (κ3) is 1.50. The molecule has 1 heterocycles. The van der Waals surface area contributed by atoms with Gasteiger partial charge in [0.2, 0.25) is 0 Å². The van der Waals surface area contributed by atoms with Crippen LogP contribution in [-0.4, -0.2) is 11.2 Å². The molecule has 0 spiro atoms. The van der Waals surface area contributed by atoms with Crippen molar-refractivity contribution in [2.45, 2.75) is 45.6 Å². The van der Waals surface area contributed by atoms with Crippen LogP contribution in [0.5, 0.6) is 0 Å². The lowest BCUT2D eigenvalue weighted by atomic mass is 9.58. The molecular weight excluding hydrogens is 212 g/mol. The third-order valence-corrected chi connectivity index (χ3v) is 4.87. The lowest BCUT2D eigenvalue weighted by Gasteiger charge is -2.47. The second-order valence-electron chi connectivity index (χ2n) is 6.04. The molecule has 0 bridgehead atoms. The van der Waals surface area contributed by atoms with E-state index in [2.05, 4.69) is 20.4 Å². The summed E-state index contributed by atoms with van der Waals surface area (Å²) in [4.78, 5) is 0. The molecule has 0 aliphatic heterocycles. The Labute approximate surface area is 102 Å². The molecule has 3 atom stereocenters. The highest BCUT2D eigenvalue weighted by atomic mass is 16.3. The van der Waals surface area contributed by atoms with Crippen LogP contribution in [0.1, 0.15) is 36.7 Å². The maximum atomic E-state index is 9.98. The molecule has 1 saturated carbocycles. The first-order valence-corrected chi connectivity index (χ1v) is 6.44. The van der Waals surface area contributed by atoms with Crippen molar-refractivity contribution in [1.29, 1.82) is 0 Å². The summed E-state index contributed by atoms with van der Waals surface area (Å²) >= 11 is 0. The molecule has 1 aromatic rings. The Morgan fingerprint density at radius 1 is 1.53 bits per heavy atom. The third-order valence-electron chi connectivity index (χ3n) is 4.87. The van der Waals surface area contributed by atoms with Crippen LogP contribution in [0.25, 0.3) is 0 Å². The first-order valence-electron chi connectivity index (χ1n) is 6.44. The van der Waals surface area contributed by atoms with Gasteiger partial charge in [-0.3, -0.25) is 0 Å². The molecule has 2 unspecified atom stereocenters. The Hall–Kier alpha value is -1.02. The lowest BCUT2D eigenvalue weighted by molar-refractivity contribution is 0.0635. The van der Waals surface area contributed by atoms with Crippen molar-refractivity contribution >= 4 is 0 Å². The van der Waals surface area contributed by atoms with Gasteiger partial charge in [0.05, 0.1) is 12.4 Å². The molecule has 1 aromatic heterocycles. The number of hydrogen-bond acceptors (Lipinski definition) is 2. The smallest absolute Gasteiger partial charge is 0.107 e. The molecule has 92 valence electrons. The van der Waals surface area contributed by atoms with E-state index in [0.717, 1.165) is 37.0 Å². The van der Waals surface area contributed by atoms with Crippen LogP contribution in [0.3, 0.4) is 0 Å². The number of furan rings is 1. The summed E-state index contributed by atoms with van der Waals surface area (Å²) in [5, 5.41) is 9.98. The zero-order chi connectivity index (χ0) is 12.2. The standard InChI is InChI=1S/C15H20O2/c1-9-8-17-14-7-15(3)5-4-13(16)10(2)12(15)6-11(9)14/h8,12-13,16H,2,4-7H2,1,3H3/t12?,13?,15-/m1/s1. The molecule has 17 heavy (non-hydrogen) atoms. The summed E-state index contributed by atoms with van der Waals surface area (Å²) in [6.45, 7) is 8.55. The first kappa shape index (κ1) is 11.1. The Kier molecular flexibility index (Phi) is 2.27. The van der Waals surface area contributed by atoms with Crippen molar-refractivity contribution in [3.63, 3.8) is 0 Å². The Morgan fingerprint density at radius 2 is 2.29 bits per heavy atom. The Bertz CT molecular complexity index is 471. The average Bonchev–Trinajstić information content (AvgIpc) is 2.64. The van der Waals surface area contributed by atoms with Gasteiger partial charge in [-0.15, -0.1) is 0 Å². The van der Waals surface area contributed by atoms with Crippen molar-refractivity contribution in [2.75, 3.05) is 0 Å². The van der Waals surface area contributed by atoms with Crippen LogP contribution in [-0.2, 0) is 12.8 Å². The predicted molar refractivity (Wildman–Crippen MR) is 66.8 cm³/mol. The van der Waals surface area contributed by atoms with Crippen LogP contribution in [0.2, 0.25) is 0 Å². The van der Waals surface area contributed by atoms with Crippen LogP contribution < -0.4 is 0 Å². The molecule has 0 aromatic carbocycles. The van der Waals surface area contributed by atoms with Crippen molar-refractivity contribution < 1.29 is 9.52 Å². The van der Waals surface area contributed by atoms with E-state index >= 15 is 0 Å².